The molecular weight excluding hydrogens is 360 g/mol. The average molecular weight is 374 g/mol. The SMILES string of the molecule is O=C(Cn1nnc2ccccc21)c1ccc(Oc2ccc([N+](=O)[O-])cc2)cc1. The van der Waals surface area contributed by atoms with E-state index in [9.17, 15) is 14.9 Å². The minimum Gasteiger partial charge on any atom is -0.457 e. The highest BCUT2D eigenvalue weighted by molar-refractivity contribution is 5.96. The first-order chi connectivity index (χ1) is 13.6. The maximum Gasteiger partial charge on any atom is 0.269 e. The summed E-state index contributed by atoms with van der Waals surface area (Å²) in [5, 5.41) is 18.7. The fourth-order valence-corrected chi connectivity index (χ4v) is 2.74. The Bertz CT molecular complexity index is 1150. The molecule has 0 unspecified atom stereocenters. The van der Waals surface area contributed by atoms with Crippen LogP contribution >= 0.6 is 0 Å². The van der Waals surface area contributed by atoms with Crippen LogP contribution < -0.4 is 4.74 Å². The zero-order valence-electron chi connectivity index (χ0n) is 14.6. The topological polar surface area (TPSA) is 100 Å². The van der Waals surface area contributed by atoms with Gasteiger partial charge in [-0.3, -0.25) is 14.9 Å². The first-order valence-electron chi connectivity index (χ1n) is 8.44. The van der Waals surface area contributed by atoms with Gasteiger partial charge in [-0.05, 0) is 48.5 Å². The Morgan fingerprint density at radius 3 is 2.29 bits per heavy atom. The lowest BCUT2D eigenvalue weighted by atomic mass is 10.1. The van der Waals surface area contributed by atoms with E-state index < -0.39 is 4.92 Å². The Kier molecular flexibility index (Phi) is 4.51. The monoisotopic (exact) mass is 374 g/mol. The molecule has 138 valence electrons. The number of carbonyl (C=O) groups excluding carboxylic acids is 1. The van der Waals surface area contributed by atoms with Crippen LogP contribution in [-0.4, -0.2) is 25.7 Å². The van der Waals surface area contributed by atoms with E-state index in [4.69, 9.17) is 4.74 Å². The maximum absolute atomic E-state index is 12.5. The van der Waals surface area contributed by atoms with Crippen molar-refractivity contribution in [3.05, 3.63) is 88.5 Å². The molecule has 3 aromatic carbocycles. The Balaban J connectivity index is 1.45. The van der Waals surface area contributed by atoms with Crippen molar-refractivity contribution in [2.75, 3.05) is 0 Å². The molecule has 8 nitrogen and oxygen atoms in total. The number of carbonyl (C=O) groups is 1. The van der Waals surface area contributed by atoms with Crippen LogP contribution in [-0.2, 0) is 6.54 Å². The largest absolute Gasteiger partial charge is 0.457 e. The van der Waals surface area contributed by atoms with Crippen LogP contribution in [0.4, 0.5) is 5.69 Å². The van der Waals surface area contributed by atoms with Crippen molar-refractivity contribution >= 4 is 22.5 Å². The fraction of sp³-hybridized carbons (Fsp3) is 0.0500. The van der Waals surface area contributed by atoms with Crippen molar-refractivity contribution in [2.45, 2.75) is 6.54 Å². The van der Waals surface area contributed by atoms with Crippen molar-refractivity contribution in [1.82, 2.24) is 15.0 Å². The lowest BCUT2D eigenvalue weighted by Crippen LogP contribution is -2.11. The second-order valence-electron chi connectivity index (χ2n) is 6.04. The number of ether oxygens (including phenoxy) is 1. The Morgan fingerprint density at radius 1 is 0.964 bits per heavy atom. The molecule has 0 radical (unpaired) electrons. The number of nitro benzene ring substituents is 1. The van der Waals surface area contributed by atoms with Gasteiger partial charge in [-0.15, -0.1) is 5.10 Å². The maximum atomic E-state index is 12.5. The molecule has 0 fully saturated rings. The second-order valence-corrected chi connectivity index (χ2v) is 6.04. The van der Waals surface area contributed by atoms with Crippen LogP contribution in [0.3, 0.4) is 0 Å². The molecule has 0 atom stereocenters. The minimum atomic E-state index is -0.470. The van der Waals surface area contributed by atoms with Gasteiger partial charge in [-0.1, -0.05) is 17.3 Å². The highest BCUT2D eigenvalue weighted by Gasteiger charge is 2.11. The van der Waals surface area contributed by atoms with Gasteiger partial charge in [0.25, 0.3) is 5.69 Å². The molecule has 0 aliphatic carbocycles. The number of aromatic nitrogens is 3. The molecule has 1 heterocycles. The number of non-ortho nitro benzene ring substituents is 1. The third-order valence-corrected chi connectivity index (χ3v) is 4.17. The lowest BCUT2D eigenvalue weighted by Gasteiger charge is -2.07. The summed E-state index contributed by atoms with van der Waals surface area (Å²) in [6.45, 7) is 0.0864. The summed E-state index contributed by atoms with van der Waals surface area (Å²) in [6, 6.07) is 19.9. The fourth-order valence-electron chi connectivity index (χ4n) is 2.74. The summed E-state index contributed by atoms with van der Waals surface area (Å²) in [4.78, 5) is 22.7. The Hall–Kier alpha value is -4.07. The number of para-hydroxylation sites is 1. The highest BCUT2D eigenvalue weighted by atomic mass is 16.6. The summed E-state index contributed by atoms with van der Waals surface area (Å²) >= 11 is 0. The van der Waals surface area contributed by atoms with Crippen LogP contribution in [0.2, 0.25) is 0 Å². The van der Waals surface area contributed by atoms with E-state index in [0.29, 0.717) is 17.1 Å². The van der Waals surface area contributed by atoms with Crippen LogP contribution in [0.25, 0.3) is 11.0 Å². The summed E-state index contributed by atoms with van der Waals surface area (Å²) in [6.07, 6.45) is 0. The van der Waals surface area contributed by atoms with Crippen molar-refractivity contribution in [3.63, 3.8) is 0 Å². The van der Waals surface area contributed by atoms with Crippen LogP contribution in [0.15, 0.2) is 72.8 Å². The lowest BCUT2D eigenvalue weighted by molar-refractivity contribution is -0.384. The molecule has 0 aliphatic rings. The van der Waals surface area contributed by atoms with Gasteiger partial charge in [0, 0.05) is 17.7 Å². The normalized spacial score (nSPS) is 10.7. The van der Waals surface area contributed by atoms with E-state index >= 15 is 0 Å². The van der Waals surface area contributed by atoms with Gasteiger partial charge in [0.1, 0.15) is 23.6 Å². The molecule has 0 spiro atoms. The van der Waals surface area contributed by atoms with Crippen LogP contribution in [0.1, 0.15) is 10.4 Å². The number of fused-ring (bicyclic) bond motifs is 1. The number of hydrogen-bond acceptors (Lipinski definition) is 6. The van der Waals surface area contributed by atoms with Gasteiger partial charge in [-0.25, -0.2) is 4.68 Å². The predicted octanol–water partition coefficient (Wildman–Crippen LogP) is 4.01. The van der Waals surface area contributed by atoms with Gasteiger partial charge in [0.15, 0.2) is 5.78 Å². The Labute approximate surface area is 159 Å². The Morgan fingerprint density at radius 2 is 1.61 bits per heavy atom. The summed E-state index contributed by atoms with van der Waals surface area (Å²) in [5.41, 5.74) is 2.06. The van der Waals surface area contributed by atoms with Crippen molar-refractivity contribution in [3.8, 4) is 11.5 Å². The van der Waals surface area contributed by atoms with Crippen LogP contribution in [0.5, 0.6) is 11.5 Å². The van der Waals surface area contributed by atoms with E-state index in [1.54, 1.807) is 28.9 Å². The molecule has 0 aliphatic heterocycles. The molecule has 1 aromatic heterocycles. The number of nitrogens with zero attached hydrogens (tertiary/aromatic N) is 4. The van der Waals surface area contributed by atoms with Gasteiger partial charge < -0.3 is 4.74 Å². The van der Waals surface area contributed by atoms with E-state index in [0.717, 1.165) is 11.0 Å². The molecule has 28 heavy (non-hydrogen) atoms. The standard InChI is InChI=1S/C20H14N4O4/c25-20(13-23-19-4-2-1-3-18(19)21-22-23)14-5-9-16(10-6-14)28-17-11-7-15(8-12-17)24(26)27/h1-12H,13H2. The molecule has 0 bridgehead atoms. The average Bonchev–Trinajstić information content (AvgIpc) is 3.12. The van der Waals surface area contributed by atoms with Crippen molar-refractivity contribution in [2.24, 2.45) is 0 Å². The van der Waals surface area contributed by atoms with Crippen molar-refractivity contribution < 1.29 is 14.5 Å². The number of Topliss-reactive ketones (excluding diaryl/α,β-unsaturated/α-hetero) is 1. The molecule has 0 N–H and O–H groups in total. The predicted molar refractivity (Wildman–Crippen MR) is 101 cm³/mol. The van der Waals surface area contributed by atoms with Gasteiger partial charge >= 0.3 is 0 Å². The first-order valence-corrected chi connectivity index (χ1v) is 8.44. The van der Waals surface area contributed by atoms with Gasteiger partial charge in [0.05, 0.1) is 10.4 Å². The van der Waals surface area contributed by atoms with E-state index in [1.807, 2.05) is 24.3 Å². The second kappa shape index (κ2) is 7.28. The van der Waals surface area contributed by atoms with Crippen molar-refractivity contribution in [1.29, 1.82) is 0 Å². The number of ketones is 1. The summed E-state index contributed by atoms with van der Waals surface area (Å²) in [7, 11) is 0. The number of nitro groups is 1. The first kappa shape index (κ1) is 17.3. The van der Waals surface area contributed by atoms with Gasteiger partial charge in [0.2, 0.25) is 0 Å². The minimum absolute atomic E-state index is 0.00562. The summed E-state index contributed by atoms with van der Waals surface area (Å²) < 4.78 is 7.22. The molecular formula is C20H14N4O4. The summed E-state index contributed by atoms with van der Waals surface area (Å²) in [5.74, 6) is 0.896. The number of rotatable bonds is 6. The molecule has 0 amide bonds. The quantitative estimate of drug-likeness (QED) is 0.287. The number of hydrogen-bond donors (Lipinski definition) is 0. The third-order valence-electron chi connectivity index (χ3n) is 4.17. The smallest absolute Gasteiger partial charge is 0.269 e. The zero-order chi connectivity index (χ0) is 19.5. The van der Waals surface area contributed by atoms with E-state index in [-0.39, 0.29) is 18.0 Å². The highest BCUT2D eigenvalue weighted by Crippen LogP contribution is 2.24. The van der Waals surface area contributed by atoms with E-state index in [1.165, 1.54) is 24.3 Å². The third kappa shape index (κ3) is 3.56. The molecule has 4 rings (SSSR count). The molecule has 8 heteroatoms. The molecule has 4 aromatic rings. The molecule has 0 saturated carbocycles. The number of benzene rings is 3. The zero-order valence-corrected chi connectivity index (χ0v) is 14.6. The van der Waals surface area contributed by atoms with E-state index in [2.05, 4.69) is 10.3 Å². The van der Waals surface area contributed by atoms with Crippen LogP contribution in [0, 0.1) is 10.1 Å². The molecule has 0 saturated heterocycles. The van der Waals surface area contributed by atoms with Gasteiger partial charge in [-0.2, -0.15) is 0 Å².